The Bertz CT molecular complexity index is 147. The number of esters is 1. The van der Waals surface area contributed by atoms with Gasteiger partial charge in [-0.15, -0.1) is 0 Å². The molecule has 0 radical (unpaired) electrons. The van der Waals surface area contributed by atoms with Gasteiger partial charge in [0.15, 0.2) is 6.10 Å². The number of carbonyl (C=O) groups is 1. The summed E-state index contributed by atoms with van der Waals surface area (Å²) in [5, 5.41) is 8.96. The topological polar surface area (TPSA) is 72.5 Å². The van der Waals surface area contributed by atoms with Gasteiger partial charge in [0.2, 0.25) is 0 Å². The summed E-state index contributed by atoms with van der Waals surface area (Å²) in [4.78, 5) is 10.9. The number of aliphatic hydroxyl groups excluding tert-OH is 1. The molecule has 0 aromatic carbocycles. The fourth-order valence-corrected chi connectivity index (χ4v) is 0.494. The van der Waals surface area contributed by atoms with E-state index in [4.69, 9.17) is 15.6 Å². The van der Waals surface area contributed by atoms with E-state index in [1.54, 1.807) is 6.92 Å². The summed E-state index contributed by atoms with van der Waals surface area (Å²) in [6.45, 7) is 5.56. The third-order valence-electron chi connectivity index (χ3n) is 1.74. The van der Waals surface area contributed by atoms with Crippen LogP contribution in [0.15, 0.2) is 0 Å². The maximum Gasteiger partial charge on any atom is 0.336 e. The minimum atomic E-state index is -1.19. The van der Waals surface area contributed by atoms with Gasteiger partial charge in [0, 0.05) is 6.54 Å². The van der Waals surface area contributed by atoms with E-state index >= 15 is 0 Å². The van der Waals surface area contributed by atoms with Crippen molar-refractivity contribution in [1.29, 1.82) is 0 Å². The molecule has 0 amide bonds. The molecule has 0 fully saturated rings. The molecule has 12 heavy (non-hydrogen) atoms. The van der Waals surface area contributed by atoms with E-state index < -0.39 is 12.1 Å². The highest BCUT2D eigenvalue weighted by atomic mass is 16.6. The average molecular weight is 175 g/mol. The number of hydrogen-bond donors (Lipinski definition) is 2. The molecule has 4 heteroatoms. The van der Waals surface area contributed by atoms with Gasteiger partial charge in [0.25, 0.3) is 0 Å². The van der Waals surface area contributed by atoms with Crippen molar-refractivity contribution in [1.82, 2.24) is 0 Å². The number of hydrogen-bond acceptors (Lipinski definition) is 4. The van der Waals surface area contributed by atoms with Gasteiger partial charge < -0.3 is 15.6 Å². The van der Waals surface area contributed by atoms with Gasteiger partial charge in [-0.1, -0.05) is 13.8 Å². The number of rotatable bonds is 4. The molecule has 0 spiro atoms. The third-order valence-corrected chi connectivity index (χ3v) is 1.74. The second kappa shape index (κ2) is 5.11. The van der Waals surface area contributed by atoms with Gasteiger partial charge in [0.1, 0.15) is 6.10 Å². The van der Waals surface area contributed by atoms with Gasteiger partial charge >= 0.3 is 5.97 Å². The van der Waals surface area contributed by atoms with Gasteiger partial charge in [-0.05, 0) is 12.8 Å². The van der Waals surface area contributed by atoms with Crippen LogP contribution in [-0.2, 0) is 9.53 Å². The second-order valence-electron chi connectivity index (χ2n) is 3.14. The van der Waals surface area contributed by atoms with Gasteiger partial charge in [0.05, 0.1) is 0 Å². The van der Waals surface area contributed by atoms with E-state index in [1.807, 2.05) is 13.8 Å². The minimum absolute atomic E-state index is 0.0936. The highest BCUT2D eigenvalue weighted by Gasteiger charge is 2.18. The van der Waals surface area contributed by atoms with Crippen molar-refractivity contribution in [2.75, 3.05) is 6.54 Å². The Morgan fingerprint density at radius 3 is 2.33 bits per heavy atom. The molecule has 0 saturated heterocycles. The largest absolute Gasteiger partial charge is 0.460 e. The molecule has 1 unspecified atom stereocenters. The second-order valence-corrected chi connectivity index (χ2v) is 3.14. The van der Waals surface area contributed by atoms with Crippen LogP contribution < -0.4 is 5.73 Å². The highest BCUT2D eigenvalue weighted by Crippen LogP contribution is 2.06. The van der Waals surface area contributed by atoms with E-state index in [-0.39, 0.29) is 18.6 Å². The van der Waals surface area contributed by atoms with Crippen LogP contribution in [-0.4, -0.2) is 29.8 Å². The van der Waals surface area contributed by atoms with Crippen molar-refractivity contribution >= 4 is 5.97 Å². The predicted octanol–water partition coefficient (Wildman–Crippen LogP) is -0.106. The van der Waals surface area contributed by atoms with Crippen LogP contribution in [0.25, 0.3) is 0 Å². The first-order valence-electron chi connectivity index (χ1n) is 4.07. The van der Waals surface area contributed by atoms with Crippen molar-refractivity contribution in [3.63, 3.8) is 0 Å². The Labute approximate surface area is 72.7 Å². The summed E-state index contributed by atoms with van der Waals surface area (Å²) >= 11 is 0. The first-order valence-corrected chi connectivity index (χ1v) is 4.07. The molecule has 0 saturated carbocycles. The quantitative estimate of drug-likeness (QED) is 0.585. The van der Waals surface area contributed by atoms with Crippen molar-refractivity contribution < 1.29 is 14.6 Å². The SMILES string of the molecule is CC(C)C(C)OC(=O)[C@@H](O)CN. The van der Waals surface area contributed by atoms with Crippen molar-refractivity contribution in [3.8, 4) is 0 Å². The molecule has 3 N–H and O–H groups in total. The van der Waals surface area contributed by atoms with E-state index in [1.165, 1.54) is 0 Å². The van der Waals surface area contributed by atoms with E-state index in [0.29, 0.717) is 0 Å². The molecule has 2 atom stereocenters. The number of ether oxygens (including phenoxy) is 1. The predicted molar refractivity (Wildman–Crippen MR) is 45.5 cm³/mol. The molecule has 0 heterocycles. The first kappa shape index (κ1) is 11.4. The zero-order chi connectivity index (χ0) is 9.72. The Morgan fingerprint density at radius 1 is 1.50 bits per heavy atom. The minimum Gasteiger partial charge on any atom is -0.460 e. The highest BCUT2D eigenvalue weighted by molar-refractivity contribution is 5.74. The van der Waals surface area contributed by atoms with Crippen molar-refractivity contribution in [2.45, 2.75) is 33.0 Å². The summed E-state index contributed by atoms with van der Waals surface area (Å²) in [6, 6.07) is 0. The monoisotopic (exact) mass is 175 g/mol. The molecule has 0 aromatic heterocycles. The maximum absolute atomic E-state index is 10.9. The Morgan fingerprint density at radius 2 is 2.00 bits per heavy atom. The Hall–Kier alpha value is -0.610. The molecular weight excluding hydrogens is 158 g/mol. The molecule has 0 aliphatic carbocycles. The fraction of sp³-hybridized carbons (Fsp3) is 0.875. The van der Waals surface area contributed by atoms with Gasteiger partial charge in [-0.25, -0.2) is 4.79 Å². The summed E-state index contributed by atoms with van der Waals surface area (Å²) in [5.41, 5.74) is 5.07. The lowest BCUT2D eigenvalue weighted by atomic mass is 10.1. The molecule has 0 aromatic rings. The van der Waals surface area contributed by atoms with Crippen LogP contribution in [0.2, 0.25) is 0 Å². The molecular formula is C8H17NO3. The summed E-state index contributed by atoms with van der Waals surface area (Å²) in [6.07, 6.45) is -1.37. The molecule has 72 valence electrons. The molecule has 0 rings (SSSR count). The lowest BCUT2D eigenvalue weighted by molar-refractivity contribution is -0.159. The first-order chi connectivity index (χ1) is 5.49. The van der Waals surface area contributed by atoms with E-state index in [9.17, 15) is 4.79 Å². The lowest BCUT2D eigenvalue weighted by Gasteiger charge is -2.18. The van der Waals surface area contributed by atoms with Crippen LogP contribution in [0.4, 0.5) is 0 Å². The zero-order valence-electron chi connectivity index (χ0n) is 7.78. The van der Waals surface area contributed by atoms with Crippen molar-refractivity contribution in [3.05, 3.63) is 0 Å². The van der Waals surface area contributed by atoms with Gasteiger partial charge in [-0.3, -0.25) is 0 Å². The van der Waals surface area contributed by atoms with E-state index in [2.05, 4.69) is 0 Å². The van der Waals surface area contributed by atoms with Crippen LogP contribution in [0.5, 0.6) is 0 Å². The van der Waals surface area contributed by atoms with Crippen LogP contribution in [0.1, 0.15) is 20.8 Å². The molecule has 4 nitrogen and oxygen atoms in total. The third kappa shape index (κ3) is 3.69. The standard InChI is InChI=1S/C8H17NO3/c1-5(2)6(3)12-8(11)7(10)4-9/h5-7,10H,4,9H2,1-3H3/t6?,7-/m0/s1. The average Bonchev–Trinajstić information content (AvgIpc) is 2.02. The van der Waals surface area contributed by atoms with Crippen molar-refractivity contribution in [2.24, 2.45) is 11.7 Å². The number of nitrogens with two attached hydrogens (primary N) is 1. The van der Waals surface area contributed by atoms with Crippen LogP contribution in [0, 0.1) is 5.92 Å². The molecule has 0 aliphatic rings. The lowest BCUT2D eigenvalue weighted by Crippen LogP contribution is -2.34. The van der Waals surface area contributed by atoms with E-state index in [0.717, 1.165) is 0 Å². The van der Waals surface area contributed by atoms with Crippen LogP contribution in [0.3, 0.4) is 0 Å². The summed E-state index contributed by atoms with van der Waals surface area (Å²) in [7, 11) is 0. The maximum atomic E-state index is 10.9. The number of carbonyl (C=O) groups excluding carboxylic acids is 1. The van der Waals surface area contributed by atoms with Gasteiger partial charge in [-0.2, -0.15) is 0 Å². The Balaban J connectivity index is 3.84. The van der Waals surface area contributed by atoms with Crippen LogP contribution >= 0.6 is 0 Å². The molecule has 0 aliphatic heterocycles. The number of aliphatic hydroxyl groups is 1. The Kier molecular flexibility index (Phi) is 4.85. The summed E-state index contributed by atoms with van der Waals surface area (Å²) < 4.78 is 4.90. The fourth-order valence-electron chi connectivity index (χ4n) is 0.494. The normalized spacial score (nSPS) is 15.8. The molecule has 0 bridgehead atoms. The smallest absolute Gasteiger partial charge is 0.336 e. The zero-order valence-corrected chi connectivity index (χ0v) is 7.78. The summed E-state index contributed by atoms with van der Waals surface area (Å²) in [5.74, 6) is -0.391.